The lowest BCUT2D eigenvalue weighted by Gasteiger charge is -2.46. The van der Waals surface area contributed by atoms with Gasteiger partial charge < -0.3 is 26.0 Å². The van der Waals surface area contributed by atoms with Crippen molar-refractivity contribution in [3.63, 3.8) is 0 Å². The summed E-state index contributed by atoms with van der Waals surface area (Å²) in [6.45, 7) is 1.02. The molecule has 3 unspecified atom stereocenters. The van der Waals surface area contributed by atoms with E-state index in [1.165, 1.54) is 0 Å². The summed E-state index contributed by atoms with van der Waals surface area (Å²) < 4.78 is 26.1. The number of halogens is 2. The van der Waals surface area contributed by atoms with Crippen molar-refractivity contribution >= 4 is 28.9 Å². The van der Waals surface area contributed by atoms with Crippen molar-refractivity contribution in [2.45, 2.75) is 38.3 Å². The first kappa shape index (κ1) is 29.7. The number of carbonyl (C=O) groups is 3. The maximum atomic E-state index is 14.0. The van der Waals surface area contributed by atoms with E-state index in [-0.39, 0.29) is 48.3 Å². The number of nitrogens with zero attached hydrogens (tertiary/aromatic N) is 3. The van der Waals surface area contributed by atoms with Crippen molar-refractivity contribution < 1.29 is 38.5 Å². The highest BCUT2D eigenvalue weighted by atomic mass is 19.3. The predicted molar refractivity (Wildman–Crippen MR) is 151 cm³/mol. The number of fused-ring (bicyclic) bond motifs is 3. The molecule has 2 fully saturated rings. The van der Waals surface area contributed by atoms with Gasteiger partial charge in [-0.05, 0) is 68.8 Å². The minimum absolute atomic E-state index is 0.0168. The number of hydrogen-bond acceptors (Lipinski definition) is 9. The third-order valence-electron chi connectivity index (χ3n) is 9.22. The average Bonchev–Trinajstić information content (AvgIpc) is 2.89. The number of carbonyl (C=O) groups excluding carboxylic acids is 3. The van der Waals surface area contributed by atoms with Gasteiger partial charge in [-0.15, -0.1) is 0 Å². The first-order valence-corrected chi connectivity index (χ1v) is 14.0. The lowest BCUT2D eigenvalue weighted by Crippen LogP contribution is -2.55. The number of likely N-dealkylation sites (N-methyl/N-ethyl adjacent to an activating group) is 1. The van der Waals surface area contributed by atoms with Gasteiger partial charge in [0.25, 0.3) is 12.0 Å². The highest BCUT2D eigenvalue weighted by Gasteiger charge is 2.56. The number of hydrogen-bond donors (Lipinski definition) is 4. The van der Waals surface area contributed by atoms with E-state index >= 15 is 0 Å². The van der Waals surface area contributed by atoms with Crippen molar-refractivity contribution in [2.24, 2.45) is 23.5 Å². The number of aliphatic hydroxyl groups is 2. The molecular formula is C30H36F2N4O6. The van der Waals surface area contributed by atoms with Crippen LogP contribution in [0.25, 0.3) is 5.76 Å². The van der Waals surface area contributed by atoms with Gasteiger partial charge >= 0.3 is 0 Å². The van der Waals surface area contributed by atoms with E-state index < -0.39 is 64.4 Å². The minimum Gasteiger partial charge on any atom is -0.510 e. The molecule has 0 spiro atoms. The molecule has 3 aliphatic carbocycles. The molecule has 1 aliphatic heterocycles. The van der Waals surface area contributed by atoms with Crippen molar-refractivity contribution in [1.29, 1.82) is 0 Å². The molecule has 226 valence electrons. The molecule has 12 heteroatoms. The molecule has 5 rings (SSSR count). The summed E-state index contributed by atoms with van der Waals surface area (Å²) in [5.41, 5.74) is 6.93. The van der Waals surface area contributed by atoms with Crippen LogP contribution in [-0.4, -0.2) is 89.9 Å². The molecule has 1 saturated heterocycles. The molecule has 0 radical (unpaired) electrons. The Morgan fingerprint density at radius 1 is 1.07 bits per heavy atom. The second-order valence-corrected chi connectivity index (χ2v) is 12.1. The van der Waals surface area contributed by atoms with Crippen molar-refractivity contribution in [3.8, 4) is 5.75 Å². The normalized spacial score (nSPS) is 26.3. The fourth-order valence-corrected chi connectivity index (χ4v) is 7.30. The van der Waals surface area contributed by atoms with Crippen LogP contribution in [0.5, 0.6) is 5.75 Å². The molecule has 1 saturated carbocycles. The standard InChI is InChI=1S/C30H36F2N4O6/c1-34(2)18-11-15(12-36-7-5-13(6-8-36)29(31)32)24(37)20-16(18)9-14-10-17-21(26(39)19(14)25(20)38)27(40)22(30(33)42)28(41)23(17)35(3)4/h11,14,17,21,23,37-38,41H,5-10,12H2,1-4H3,(H2,33,42)/t14?,17?,21?,23-/m0/s1. The molecule has 5 N–H and O–H groups in total. The zero-order chi connectivity index (χ0) is 30.8. The van der Waals surface area contributed by atoms with Crippen molar-refractivity contribution in [3.05, 3.63) is 51.3 Å². The van der Waals surface area contributed by atoms with E-state index in [0.717, 1.165) is 5.69 Å². The van der Waals surface area contributed by atoms with E-state index in [4.69, 9.17) is 5.73 Å². The highest BCUT2D eigenvalue weighted by molar-refractivity contribution is 6.28. The number of likely N-dealkylation sites (tertiary alicyclic amines) is 1. The summed E-state index contributed by atoms with van der Waals surface area (Å²) in [4.78, 5) is 45.0. The monoisotopic (exact) mass is 586 g/mol. The minimum atomic E-state index is -1.64. The van der Waals surface area contributed by atoms with Crippen molar-refractivity contribution in [1.82, 2.24) is 9.80 Å². The molecule has 42 heavy (non-hydrogen) atoms. The zero-order valence-corrected chi connectivity index (χ0v) is 24.1. The number of aliphatic hydroxyl groups excluding tert-OH is 2. The Labute approximate surface area is 242 Å². The van der Waals surface area contributed by atoms with Crippen LogP contribution in [0.2, 0.25) is 0 Å². The van der Waals surface area contributed by atoms with Crippen LogP contribution < -0.4 is 10.6 Å². The Kier molecular flexibility index (Phi) is 7.65. The summed E-state index contributed by atoms with van der Waals surface area (Å²) in [7, 11) is 7.00. The number of benzene rings is 1. The van der Waals surface area contributed by atoms with E-state index in [0.29, 0.717) is 30.6 Å². The smallest absolute Gasteiger partial charge is 0.269 e. The second-order valence-electron chi connectivity index (χ2n) is 12.1. The highest BCUT2D eigenvalue weighted by Crippen LogP contribution is 2.52. The van der Waals surface area contributed by atoms with Crippen LogP contribution in [0, 0.1) is 17.8 Å². The summed E-state index contributed by atoms with van der Waals surface area (Å²) in [6, 6.07) is 1.01. The Morgan fingerprint density at radius 2 is 1.71 bits per heavy atom. The number of piperidine rings is 1. The summed E-state index contributed by atoms with van der Waals surface area (Å²) in [6.07, 6.45) is -0.637. The van der Waals surface area contributed by atoms with Crippen LogP contribution in [-0.2, 0) is 27.3 Å². The summed E-state index contributed by atoms with van der Waals surface area (Å²) >= 11 is 0. The maximum absolute atomic E-state index is 14.0. The number of amides is 1. The molecule has 10 nitrogen and oxygen atoms in total. The number of nitrogens with two attached hydrogens (primary N) is 1. The Morgan fingerprint density at radius 3 is 2.26 bits per heavy atom. The first-order valence-electron chi connectivity index (χ1n) is 14.0. The number of primary amides is 1. The van der Waals surface area contributed by atoms with Crippen molar-refractivity contribution in [2.75, 3.05) is 46.2 Å². The molecule has 1 aromatic carbocycles. The number of rotatable bonds is 5. The third kappa shape index (κ3) is 4.66. The largest absolute Gasteiger partial charge is 0.510 e. The number of phenols is 1. The lowest BCUT2D eigenvalue weighted by molar-refractivity contribution is -0.136. The van der Waals surface area contributed by atoms with Gasteiger partial charge in [0, 0.05) is 50.6 Å². The summed E-state index contributed by atoms with van der Waals surface area (Å²) in [5, 5.41) is 34.0. The zero-order valence-electron chi connectivity index (χ0n) is 24.1. The number of aromatic hydroxyl groups is 1. The average molecular weight is 587 g/mol. The predicted octanol–water partition coefficient (Wildman–Crippen LogP) is 2.66. The molecule has 0 aromatic heterocycles. The molecule has 1 amide bonds. The van der Waals surface area contributed by atoms with Gasteiger partial charge in [-0.25, -0.2) is 0 Å². The van der Waals surface area contributed by atoms with E-state index in [2.05, 4.69) is 0 Å². The Hall–Kier alpha value is -3.77. The number of ketones is 2. The maximum Gasteiger partial charge on any atom is 0.269 e. The van der Waals surface area contributed by atoms with Crippen LogP contribution in [0.1, 0.15) is 36.0 Å². The topological polar surface area (TPSA) is 148 Å². The van der Waals surface area contributed by atoms with E-state index in [1.54, 1.807) is 19.0 Å². The van der Waals surface area contributed by atoms with Gasteiger partial charge in [0.1, 0.15) is 22.8 Å². The number of Topliss-reactive ketones (excluding diaryl/α,β-unsaturated/α-hetero) is 2. The van der Waals surface area contributed by atoms with Crippen LogP contribution in [0.3, 0.4) is 0 Å². The third-order valence-corrected chi connectivity index (χ3v) is 9.22. The second kappa shape index (κ2) is 10.8. The summed E-state index contributed by atoms with van der Waals surface area (Å²) in [5.74, 6) is -6.20. The van der Waals surface area contributed by atoms with Crippen LogP contribution >= 0.6 is 0 Å². The van der Waals surface area contributed by atoms with Gasteiger partial charge in [-0.1, -0.05) is 0 Å². The number of allylic oxidation sites excluding steroid dienone is 1. The van der Waals surface area contributed by atoms with E-state index in [9.17, 15) is 38.5 Å². The Balaban J connectivity index is 1.58. The first-order chi connectivity index (χ1) is 19.7. The molecule has 1 heterocycles. The molecule has 0 bridgehead atoms. The molecule has 4 atom stereocenters. The molecule has 1 aromatic rings. The lowest BCUT2D eigenvalue weighted by atomic mass is 9.59. The van der Waals surface area contributed by atoms with Crippen LogP contribution in [0.4, 0.5) is 14.5 Å². The number of anilines is 1. The van der Waals surface area contributed by atoms with Gasteiger partial charge in [-0.3, -0.25) is 24.2 Å². The number of phenolic OH excluding ortho intramolecular Hbond substituents is 1. The fraction of sp³-hybridized carbons (Fsp3) is 0.500. The van der Waals surface area contributed by atoms with Crippen LogP contribution in [0.15, 0.2) is 34.6 Å². The molecular weight excluding hydrogens is 550 g/mol. The van der Waals surface area contributed by atoms with E-state index in [1.807, 2.05) is 30.0 Å². The van der Waals surface area contributed by atoms with Gasteiger partial charge in [0.15, 0.2) is 11.6 Å². The Bertz CT molecular complexity index is 1470. The van der Waals surface area contributed by atoms with Gasteiger partial charge in [-0.2, -0.15) is 8.78 Å². The quantitative estimate of drug-likeness (QED) is 0.302. The van der Waals surface area contributed by atoms with Gasteiger partial charge in [0.05, 0.1) is 17.5 Å². The van der Waals surface area contributed by atoms with Gasteiger partial charge in [0.2, 0.25) is 0 Å². The molecule has 4 aliphatic rings. The SMILES string of the molecule is CN(C)c1cc(CN2CCC(=C(F)F)CC2)c(O)c2c1CC1CC3C(C(=O)C(C(N)=O)=C(O)[C@H]3N(C)C)C(=O)C1=C2O. The fourth-order valence-electron chi connectivity index (χ4n) is 7.30.